The number of cyclic esters (lactones) is 2. The molecule has 0 spiro atoms. The summed E-state index contributed by atoms with van der Waals surface area (Å²) in [5, 5.41) is 9.41. The second-order valence-corrected chi connectivity index (χ2v) is 20.7. The Kier molecular flexibility index (Phi) is 26.1. The maximum Gasteiger partial charge on any atom is 2.00 e. The van der Waals surface area contributed by atoms with Crippen LogP contribution >= 0.6 is 62.3 Å². The van der Waals surface area contributed by atoms with E-state index in [9.17, 15) is 54.3 Å². The molecule has 0 radical (unpaired) electrons. The van der Waals surface area contributed by atoms with Gasteiger partial charge in [-0.05, 0) is 95.1 Å². The first-order valence-corrected chi connectivity index (χ1v) is 25.5. The van der Waals surface area contributed by atoms with Gasteiger partial charge in [-0.25, -0.2) is 49.8 Å². The number of methoxy groups -OCH3 is 2. The Labute approximate surface area is 484 Å². The normalized spacial score (nSPS) is 11.6. The summed E-state index contributed by atoms with van der Waals surface area (Å²) in [6.45, 7) is 4.79. The van der Waals surface area contributed by atoms with Crippen LogP contribution in [0.3, 0.4) is 0 Å². The Morgan fingerprint density at radius 3 is 1.64 bits per heavy atom. The van der Waals surface area contributed by atoms with E-state index >= 15 is 0 Å². The third kappa shape index (κ3) is 16.8. The molecule has 4 aromatic carbocycles. The predicted octanol–water partition coefficient (Wildman–Crippen LogP) is 8.25. The van der Waals surface area contributed by atoms with Crippen molar-refractivity contribution in [1.82, 2.24) is 9.97 Å². The van der Waals surface area contributed by atoms with E-state index in [-0.39, 0.29) is 73.5 Å². The first-order chi connectivity index (χ1) is 34.3. The summed E-state index contributed by atoms with van der Waals surface area (Å²) in [6, 6.07) is 20.7. The van der Waals surface area contributed by atoms with Gasteiger partial charge in [-0.2, -0.15) is 27.0 Å². The van der Waals surface area contributed by atoms with Gasteiger partial charge in [0.05, 0.1) is 58.5 Å². The summed E-state index contributed by atoms with van der Waals surface area (Å²) in [5.41, 5.74) is -1.38. The van der Waals surface area contributed by atoms with Crippen LogP contribution in [0, 0.1) is 13.3 Å². The van der Waals surface area contributed by atoms with Crippen LogP contribution in [0.5, 0.6) is 0 Å². The summed E-state index contributed by atoms with van der Waals surface area (Å²) < 4.78 is 109. The van der Waals surface area contributed by atoms with Gasteiger partial charge in [-0.15, -0.1) is 0 Å². The van der Waals surface area contributed by atoms with Gasteiger partial charge in [0.2, 0.25) is 5.78 Å². The van der Waals surface area contributed by atoms with Crippen LogP contribution in [0.15, 0.2) is 124 Å². The molecule has 1 N–H and O–H groups in total. The first-order valence-electron chi connectivity index (χ1n) is 20.4. The standard InChI is InChI=1S/C22H15Cl2F3N2O6S.C14H13BrCl2N2O3S.C8H4O3.C3H7.BrH.Mg/c1-35-11-29(36(33,34)13-6-7-17(24)16(9-13)22(25,26)27)18-8-12(23)10-28-19(18)20(30)14-4-2-3-5-15(14)21(31)32;1-9-5-11(3-4-12(9)17)23(20,21)19(8-22-2)13-6-10(16)7-18-14(13)15;9-7-5-3-1-2-4-6(5)8(10)11-7;1-3-2;;/h2-10H,11H2,1H3,(H,31,32);3-7H,8H2,1-2H3;1-4H;3H,1-2H3;1H;/q;;;-1;;+2/p-1. The van der Waals surface area contributed by atoms with Gasteiger partial charge in [0.1, 0.15) is 23.8 Å². The quantitative estimate of drug-likeness (QED) is 0.0219. The molecule has 0 unspecified atom stereocenters. The van der Waals surface area contributed by atoms with Crippen LogP contribution in [0.2, 0.25) is 20.1 Å². The topological polar surface area (TPSA) is 217 Å². The summed E-state index contributed by atoms with van der Waals surface area (Å²) in [7, 11) is -6.17. The number of aromatic nitrogens is 2. The van der Waals surface area contributed by atoms with Gasteiger partial charge < -0.3 is 42.7 Å². The van der Waals surface area contributed by atoms with Crippen molar-refractivity contribution < 1.29 is 85.5 Å². The number of alkyl halides is 3. The number of ketones is 1. The van der Waals surface area contributed by atoms with E-state index in [4.69, 9.17) is 55.9 Å². The fourth-order valence-corrected chi connectivity index (χ4v) is 10.2. The maximum atomic E-state index is 13.5. The summed E-state index contributed by atoms with van der Waals surface area (Å²) >= 11 is 26.8. The number of benzene rings is 4. The molecule has 2 aromatic heterocycles. The molecular formula is C47H39Br2Cl4F3MgN4O12S2. The smallest absolute Gasteiger partial charge is 1.00 e. The fraction of sp³-hybridized carbons (Fsp3) is 0.170. The molecule has 28 heteroatoms. The minimum absolute atomic E-state index is 0. The number of fused-ring (bicyclic) bond motifs is 1. The number of anilines is 2. The summed E-state index contributed by atoms with van der Waals surface area (Å²) in [6.07, 6.45) is -0.503. The average molecular weight is 1300 g/mol. The van der Waals surface area contributed by atoms with E-state index in [0.29, 0.717) is 41.7 Å². The van der Waals surface area contributed by atoms with Gasteiger partial charge in [-0.3, -0.25) is 4.79 Å². The molecule has 0 saturated carbocycles. The number of carbonyl (C=O) groups excluding carboxylic acids is 3. The van der Waals surface area contributed by atoms with Crippen molar-refractivity contribution in [3.8, 4) is 0 Å². The Morgan fingerprint density at radius 2 is 1.16 bits per heavy atom. The van der Waals surface area contributed by atoms with E-state index < -0.39 is 83.5 Å². The molecule has 396 valence electrons. The molecule has 16 nitrogen and oxygen atoms in total. The Balaban J connectivity index is 0.000000418. The van der Waals surface area contributed by atoms with Crippen molar-refractivity contribution in [2.24, 2.45) is 0 Å². The van der Waals surface area contributed by atoms with Crippen LogP contribution in [0.4, 0.5) is 24.5 Å². The van der Waals surface area contributed by atoms with E-state index in [1.807, 2.05) is 20.3 Å². The minimum atomic E-state index is -4.95. The van der Waals surface area contributed by atoms with E-state index in [1.165, 1.54) is 55.8 Å². The fourth-order valence-electron chi connectivity index (χ4n) is 6.09. The molecule has 0 fully saturated rings. The van der Waals surface area contributed by atoms with Gasteiger partial charge in [0.15, 0.2) is 0 Å². The van der Waals surface area contributed by atoms with Crippen LogP contribution in [0.1, 0.15) is 72.1 Å². The number of rotatable bonds is 13. The number of esters is 2. The zero-order valence-corrected chi connectivity index (χ0v) is 48.8. The minimum Gasteiger partial charge on any atom is -1.00 e. The summed E-state index contributed by atoms with van der Waals surface area (Å²) in [5.74, 6) is -3.49. The van der Waals surface area contributed by atoms with Crippen molar-refractivity contribution >= 4 is 140 Å². The molecule has 75 heavy (non-hydrogen) atoms. The number of hydrogen-bond acceptors (Lipinski definition) is 13. The van der Waals surface area contributed by atoms with Crippen molar-refractivity contribution in [3.05, 3.63) is 180 Å². The second kappa shape index (κ2) is 29.3. The van der Waals surface area contributed by atoms with Crippen LogP contribution in [-0.4, -0.2) is 106 Å². The summed E-state index contributed by atoms with van der Waals surface area (Å²) in [4.78, 5) is 53.8. The number of carboxylic acids is 1. The number of halogens is 9. The molecule has 0 amide bonds. The molecular weight excluding hydrogens is 1260 g/mol. The van der Waals surface area contributed by atoms with Crippen molar-refractivity contribution in [2.45, 2.75) is 36.7 Å². The van der Waals surface area contributed by atoms with Crippen LogP contribution in [-0.2, 0) is 40.4 Å². The van der Waals surface area contributed by atoms with Gasteiger partial charge >= 0.3 is 47.1 Å². The van der Waals surface area contributed by atoms with Gasteiger partial charge in [0, 0.05) is 37.2 Å². The number of sulfonamides is 2. The van der Waals surface area contributed by atoms with E-state index in [0.717, 1.165) is 35.8 Å². The van der Waals surface area contributed by atoms with Crippen LogP contribution in [0.25, 0.3) is 0 Å². The molecule has 0 bridgehead atoms. The SMILES string of the molecule is COCN(c1cc(Cl)cnc1Br)S(=O)(=O)c1ccc(Cl)c(C)c1.COCN(c1cc(Cl)cnc1C(=O)c1ccccc1C(=O)O)S(=O)(=O)c1ccc(Cl)c(C(F)(F)F)c1.C[CH-]C.O=C1OC(=O)c2ccccc21.[Br-].[Mg+2]. The molecule has 6 aromatic rings. The first kappa shape index (κ1) is 66.7. The predicted molar refractivity (Wildman–Crippen MR) is 276 cm³/mol. The van der Waals surface area contributed by atoms with Gasteiger partial charge in [-0.1, -0.05) is 76.7 Å². The monoisotopic (exact) mass is 1290 g/mol. The van der Waals surface area contributed by atoms with Crippen LogP contribution < -0.4 is 25.6 Å². The number of pyridine rings is 2. The van der Waals surface area contributed by atoms with E-state index in [2.05, 4.69) is 30.6 Å². The number of ether oxygens (including phenoxy) is 3. The van der Waals surface area contributed by atoms with Crippen molar-refractivity contribution in [1.29, 1.82) is 0 Å². The Morgan fingerprint density at radius 1 is 0.720 bits per heavy atom. The maximum absolute atomic E-state index is 13.5. The molecule has 7 rings (SSSR count). The third-order valence-corrected chi connectivity index (χ3v) is 14.6. The zero-order chi connectivity index (χ0) is 54.6. The van der Waals surface area contributed by atoms with E-state index in [1.54, 1.807) is 37.3 Å². The molecule has 1 aliphatic heterocycles. The zero-order valence-electron chi connectivity index (χ0n) is 39.5. The van der Waals surface area contributed by atoms with Gasteiger partial charge in [0.25, 0.3) is 20.0 Å². The molecule has 0 aliphatic carbocycles. The number of aromatic carboxylic acids is 1. The third-order valence-electron chi connectivity index (χ3n) is 9.37. The molecule has 3 heterocycles. The average Bonchev–Trinajstić information content (AvgIpc) is 3.63. The van der Waals surface area contributed by atoms with Crippen molar-refractivity contribution in [2.75, 3.05) is 36.3 Å². The number of carboxylic acid groups (broad SMARTS) is 1. The largest absolute Gasteiger partial charge is 2.00 e. The number of carbonyl (C=O) groups is 4. The number of hydrogen-bond donors (Lipinski definition) is 1. The van der Waals surface area contributed by atoms with Crippen molar-refractivity contribution in [3.63, 3.8) is 0 Å². The molecule has 0 saturated heterocycles. The second-order valence-electron chi connectivity index (χ2n) is 14.6. The Bertz CT molecular complexity index is 3250. The Hall–Kier alpha value is -4.44. The number of aryl methyl sites for hydroxylation is 1. The molecule has 1 aliphatic rings. The number of nitrogens with zero attached hydrogens (tertiary/aromatic N) is 4. The molecule has 0 atom stereocenters.